The number of carbonyl (C=O) groups is 2. The van der Waals surface area contributed by atoms with E-state index in [1.807, 2.05) is 4.57 Å². The minimum absolute atomic E-state index is 0.0621. The molecule has 14 nitrogen and oxygen atoms in total. The Morgan fingerprint density at radius 2 is 2.06 bits per heavy atom. The standard InChI is InChI=1S/C17H28N10O4/c18-16(19)21-6-4-5-11(15(28)29)25-17(30)31-8-3-1-2-7-27-10-24-12-13(26-20)22-9-23-14(12)27/h9-11H,1-8,20H2,(H7,18,19,21,22,23,25,26,28,29,30)/p+1/t11-/m1/s1. The quantitative estimate of drug-likeness (QED) is 0.0501. The van der Waals surface area contributed by atoms with Crippen LogP contribution in [0.4, 0.5) is 10.6 Å². The second-order valence-electron chi connectivity index (χ2n) is 6.71. The average molecular weight is 437 g/mol. The third kappa shape index (κ3) is 7.58. The molecule has 0 unspecified atom stereocenters. The Balaban J connectivity index is 1.65. The van der Waals surface area contributed by atoms with E-state index in [1.165, 1.54) is 6.33 Å². The Bertz CT molecular complexity index is 896. The van der Waals surface area contributed by atoms with Crippen molar-refractivity contribution in [2.24, 2.45) is 22.3 Å². The van der Waals surface area contributed by atoms with Gasteiger partial charge in [-0.05, 0) is 32.1 Å². The molecule has 0 aliphatic rings. The molecule has 0 bridgehead atoms. The number of anilines is 1. The molecule has 1 atom stereocenters. The van der Waals surface area contributed by atoms with Crippen LogP contribution in [-0.4, -0.2) is 57.3 Å². The van der Waals surface area contributed by atoms with Crippen LogP contribution in [0.5, 0.6) is 0 Å². The number of nitrogen functional groups attached to an aromatic ring is 1. The van der Waals surface area contributed by atoms with E-state index in [1.54, 1.807) is 6.33 Å². The number of alkyl carbamates (subject to hydrolysis) is 1. The molecule has 10 N–H and O–H groups in total. The van der Waals surface area contributed by atoms with Gasteiger partial charge in [0.05, 0.1) is 13.2 Å². The zero-order valence-electron chi connectivity index (χ0n) is 17.1. The highest BCUT2D eigenvalue weighted by atomic mass is 16.5. The summed E-state index contributed by atoms with van der Waals surface area (Å²) in [6.45, 7) is 1.19. The number of rotatable bonds is 13. The molecule has 0 aliphatic carbocycles. The number of nitrogens with zero attached hydrogens (tertiary/aromatic N) is 4. The maximum Gasteiger partial charge on any atom is 0.407 e. The maximum atomic E-state index is 11.8. The molecule has 2 aromatic rings. The number of ether oxygens (including phenoxy) is 1. The molecule has 0 radical (unpaired) electrons. The summed E-state index contributed by atoms with van der Waals surface area (Å²) in [6.07, 6.45) is 5.34. The van der Waals surface area contributed by atoms with Gasteiger partial charge in [0.2, 0.25) is 5.52 Å². The molecule has 1 amide bonds. The summed E-state index contributed by atoms with van der Waals surface area (Å²) in [4.78, 5) is 38.2. The van der Waals surface area contributed by atoms with E-state index >= 15 is 0 Å². The van der Waals surface area contributed by atoms with E-state index in [9.17, 15) is 14.7 Å². The van der Waals surface area contributed by atoms with Crippen molar-refractivity contribution in [2.45, 2.75) is 44.7 Å². The second kappa shape index (κ2) is 12.1. The number of aromatic nitrogens is 4. The number of H-pyrrole nitrogens is 1. The van der Waals surface area contributed by atoms with Gasteiger partial charge in [-0.25, -0.2) is 20.0 Å². The Morgan fingerprint density at radius 3 is 2.77 bits per heavy atom. The first-order valence-corrected chi connectivity index (χ1v) is 9.82. The number of hydrogen-bond acceptors (Lipinski definition) is 8. The van der Waals surface area contributed by atoms with Crippen LogP contribution in [0.25, 0.3) is 11.2 Å². The van der Waals surface area contributed by atoms with Gasteiger partial charge in [-0.15, -0.1) is 0 Å². The van der Waals surface area contributed by atoms with Gasteiger partial charge in [0.15, 0.2) is 24.4 Å². The Hall–Kier alpha value is -3.68. The van der Waals surface area contributed by atoms with Crippen LogP contribution in [0.1, 0.15) is 32.1 Å². The van der Waals surface area contributed by atoms with Crippen LogP contribution in [0.2, 0.25) is 0 Å². The van der Waals surface area contributed by atoms with Gasteiger partial charge in [0, 0.05) is 6.54 Å². The van der Waals surface area contributed by atoms with E-state index in [4.69, 9.17) is 22.0 Å². The second-order valence-corrected chi connectivity index (χ2v) is 6.71. The SMILES string of the molecule is NNc1ncnc2c1[nH]c[n+]2CCCCCOC(=O)N[C@H](CCCN=C(N)N)C(=O)O. The van der Waals surface area contributed by atoms with Crippen molar-refractivity contribution in [3.05, 3.63) is 12.7 Å². The topological polar surface area (TPSA) is 224 Å². The van der Waals surface area contributed by atoms with Gasteiger partial charge in [-0.2, -0.15) is 4.98 Å². The number of aryl methyl sites for hydroxylation is 1. The molecule has 0 aromatic carbocycles. The Labute approximate surface area is 178 Å². The smallest absolute Gasteiger partial charge is 0.407 e. The molecule has 14 heteroatoms. The lowest BCUT2D eigenvalue weighted by atomic mass is 10.1. The lowest BCUT2D eigenvalue weighted by Gasteiger charge is -2.14. The summed E-state index contributed by atoms with van der Waals surface area (Å²) in [5.41, 5.74) is 14.4. The number of aliphatic imine (C=N–C) groups is 1. The van der Waals surface area contributed by atoms with Crippen molar-refractivity contribution in [3.63, 3.8) is 0 Å². The number of guanidine groups is 1. The number of hydrazine groups is 1. The minimum atomic E-state index is -1.14. The number of nitrogens with one attached hydrogen (secondary N) is 3. The van der Waals surface area contributed by atoms with Crippen molar-refractivity contribution in [1.82, 2.24) is 20.3 Å². The fraction of sp³-hybridized carbons (Fsp3) is 0.529. The molecule has 2 heterocycles. The number of fused-ring (bicyclic) bond motifs is 1. The molecule has 0 spiro atoms. The first-order chi connectivity index (χ1) is 14.9. The van der Waals surface area contributed by atoms with Gasteiger partial charge in [0.25, 0.3) is 0 Å². The fourth-order valence-electron chi connectivity index (χ4n) is 2.88. The van der Waals surface area contributed by atoms with Crippen molar-refractivity contribution in [3.8, 4) is 0 Å². The van der Waals surface area contributed by atoms with Crippen LogP contribution in [-0.2, 0) is 16.1 Å². The number of imidazole rings is 1. The van der Waals surface area contributed by atoms with E-state index < -0.39 is 18.1 Å². The first-order valence-electron chi connectivity index (χ1n) is 9.82. The van der Waals surface area contributed by atoms with E-state index in [2.05, 4.69) is 30.7 Å². The summed E-state index contributed by atoms with van der Waals surface area (Å²) >= 11 is 0. The molecular weight excluding hydrogens is 408 g/mol. The number of carboxylic acid groups (broad SMARTS) is 1. The molecule has 2 aromatic heterocycles. The number of aromatic amines is 1. The molecule has 170 valence electrons. The largest absolute Gasteiger partial charge is 0.480 e. The van der Waals surface area contributed by atoms with Crippen LogP contribution in [0.3, 0.4) is 0 Å². The third-order valence-corrected chi connectivity index (χ3v) is 4.41. The van der Waals surface area contributed by atoms with E-state index in [0.717, 1.165) is 24.0 Å². The van der Waals surface area contributed by atoms with E-state index in [-0.39, 0.29) is 25.5 Å². The van der Waals surface area contributed by atoms with Gasteiger partial charge in [0.1, 0.15) is 6.04 Å². The monoisotopic (exact) mass is 437 g/mol. The normalized spacial score (nSPS) is 11.6. The molecule has 31 heavy (non-hydrogen) atoms. The number of unbranched alkanes of at least 4 members (excludes halogenated alkanes) is 2. The number of aliphatic carboxylic acids is 1. The molecule has 0 fully saturated rings. The Kier molecular flexibility index (Phi) is 9.22. The number of carbonyl (C=O) groups excluding carboxylic acids is 1. The number of amides is 1. The summed E-state index contributed by atoms with van der Waals surface area (Å²) < 4.78 is 7.02. The number of carboxylic acids is 1. The fourth-order valence-corrected chi connectivity index (χ4v) is 2.88. The number of nitrogens with two attached hydrogens (primary N) is 3. The van der Waals surface area contributed by atoms with Gasteiger partial charge >= 0.3 is 17.7 Å². The molecule has 0 saturated heterocycles. The molecule has 0 aliphatic heterocycles. The highest BCUT2D eigenvalue weighted by Crippen LogP contribution is 2.12. The lowest BCUT2D eigenvalue weighted by Crippen LogP contribution is -2.41. The maximum absolute atomic E-state index is 11.8. The van der Waals surface area contributed by atoms with Crippen molar-refractivity contribution in [1.29, 1.82) is 0 Å². The van der Waals surface area contributed by atoms with Gasteiger partial charge < -0.3 is 32.1 Å². The van der Waals surface area contributed by atoms with E-state index in [0.29, 0.717) is 25.2 Å². The van der Waals surface area contributed by atoms with Crippen LogP contribution < -0.4 is 32.6 Å². The van der Waals surface area contributed by atoms with Gasteiger partial charge in [-0.1, -0.05) is 4.98 Å². The molecule has 2 rings (SSSR count). The van der Waals surface area contributed by atoms with Crippen molar-refractivity contribution < 1.29 is 24.0 Å². The first kappa shape index (κ1) is 23.6. The summed E-state index contributed by atoms with van der Waals surface area (Å²) in [7, 11) is 0. The zero-order chi connectivity index (χ0) is 22.6. The van der Waals surface area contributed by atoms with Crippen molar-refractivity contribution in [2.75, 3.05) is 18.6 Å². The third-order valence-electron chi connectivity index (χ3n) is 4.41. The average Bonchev–Trinajstić information content (AvgIpc) is 3.15. The van der Waals surface area contributed by atoms with Crippen LogP contribution in [0.15, 0.2) is 17.6 Å². The predicted octanol–water partition coefficient (Wildman–Crippen LogP) is -1.07. The Morgan fingerprint density at radius 1 is 1.26 bits per heavy atom. The van der Waals surface area contributed by atoms with Crippen LogP contribution >= 0.6 is 0 Å². The highest BCUT2D eigenvalue weighted by molar-refractivity contribution is 5.80. The van der Waals surface area contributed by atoms with Crippen molar-refractivity contribution >= 4 is 35.0 Å². The molecule has 0 saturated carbocycles. The lowest BCUT2D eigenvalue weighted by molar-refractivity contribution is -0.673. The summed E-state index contributed by atoms with van der Waals surface area (Å²) in [6, 6.07) is -1.06. The highest BCUT2D eigenvalue weighted by Gasteiger charge is 2.20. The number of hydrogen-bond donors (Lipinski definition) is 7. The van der Waals surface area contributed by atoms with Crippen LogP contribution in [0, 0.1) is 0 Å². The van der Waals surface area contributed by atoms with Gasteiger partial charge in [-0.3, -0.25) is 9.98 Å². The zero-order valence-corrected chi connectivity index (χ0v) is 17.1. The predicted molar refractivity (Wildman–Crippen MR) is 112 cm³/mol. The molecular formula is C17H29N10O4+. The summed E-state index contributed by atoms with van der Waals surface area (Å²) in [5, 5.41) is 11.5. The summed E-state index contributed by atoms with van der Waals surface area (Å²) in [5.74, 6) is 4.74. The minimum Gasteiger partial charge on any atom is -0.480 e.